The van der Waals surface area contributed by atoms with E-state index in [1.807, 2.05) is 36.7 Å². The van der Waals surface area contributed by atoms with Gasteiger partial charge in [0.05, 0.1) is 7.11 Å². The van der Waals surface area contributed by atoms with Crippen LogP contribution in [-0.4, -0.2) is 23.6 Å². The quantitative estimate of drug-likeness (QED) is 0.821. The summed E-state index contributed by atoms with van der Waals surface area (Å²) in [6.45, 7) is 3.83. The number of nitrogens with one attached hydrogen (secondary N) is 1. The van der Waals surface area contributed by atoms with E-state index in [9.17, 15) is 0 Å². The average molecular weight is 275 g/mol. The van der Waals surface area contributed by atoms with Gasteiger partial charge in [-0.3, -0.25) is 0 Å². The standard InChI is InChI=1S/C14H17N3OS/c1-3-15-8-11-9-16-14(17-10-11)19-13-6-4-5-12(7-13)18-2/h4-7,9-10,15H,3,8H2,1-2H3. The predicted octanol–water partition coefficient (Wildman–Crippen LogP) is 2.75. The monoisotopic (exact) mass is 275 g/mol. The number of hydrogen-bond donors (Lipinski definition) is 1. The molecular formula is C14H17N3OS. The van der Waals surface area contributed by atoms with E-state index in [1.54, 1.807) is 7.11 Å². The third kappa shape index (κ3) is 4.22. The van der Waals surface area contributed by atoms with Crippen molar-refractivity contribution in [3.63, 3.8) is 0 Å². The maximum absolute atomic E-state index is 5.19. The normalized spacial score (nSPS) is 10.4. The summed E-state index contributed by atoms with van der Waals surface area (Å²) in [6, 6.07) is 7.87. The highest BCUT2D eigenvalue weighted by atomic mass is 32.2. The molecule has 4 nitrogen and oxygen atoms in total. The van der Waals surface area contributed by atoms with Crippen LogP contribution in [0.3, 0.4) is 0 Å². The summed E-state index contributed by atoms with van der Waals surface area (Å²) >= 11 is 1.53. The highest BCUT2D eigenvalue weighted by Crippen LogP contribution is 2.27. The molecule has 0 fully saturated rings. The van der Waals surface area contributed by atoms with Gasteiger partial charge in [-0.05, 0) is 36.5 Å². The Kier molecular flexibility index (Phi) is 5.18. The summed E-state index contributed by atoms with van der Waals surface area (Å²) in [5.74, 6) is 0.841. The van der Waals surface area contributed by atoms with Crippen LogP contribution in [0, 0.1) is 0 Å². The molecule has 1 N–H and O–H groups in total. The lowest BCUT2D eigenvalue weighted by molar-refractivity contribution is 0.413. The molecule has 100 valence electrons. The molecule has 1 aromatic carbocycles. The molecule has 0 bridgehead atoms. The molecule has 0 amide bonds. The molecule has 1 aromatic heterocycles. The smallest absolute Gasteiger partial charge is 0.192 e. The van der Waals surface area contributed by atoms with E-state index >= 15 is 0 Å². The van der Waals surface area contributed by atoms with E-state index in [1.165, 1.54) is 11.8 Å². The largest absolute Gasteiger partial charge is 0.497 e. The molecule has 0 saturated carbocycles. The van der Waals surface area contributed by atoms with Crippen LogP contribution < -0.4 is 10.1 Å². The second kappa shape index (κ2) is 7.11. The molecule has 2 aromatic rings. The Bertz CT molecular complexity index is 516. The fourth-order valence-electron chi connectivity index (χ4n) is 1.53. The fourth-order valence-corrected chi connectivity index (χ4v) is 2.27. The van der Waals surface area contributed by atoms with E-state index in [-0.39, 0.29) is 0 Å². The summed E-state index contributed by atoms with van der Waals surface area (Å²) in [4.78, 5) is 9.78. The molecule has 0 aliphatic carbocycles. The number of rotatable bonds is 6. The van der Waals surface area contributed by atoms with Crippen molar-refractivity contribution in [3.05, 3.63) is 42.2 Å². The van der Waals surface area contributed by atoms with Gasteiger partial charge in [0.25, 0.3) is 0 Å². The molecule has 19 heavy (non-hydrogen) atoms. The van der Waals surface area contributed by atoms with Crippen LogP contribution in [0.4, 0.5) is 0 Å². The van der Waals surface area contributed by atoms with Gasteiger partial charge >= 0.3 is 0 Å². The van der Waals surface area contributed by atoms with E-state index in [2.05, 4.69) is 22.2 Å². The number of methoxy groups -OCH3 is 1. The number of aromatic nitrogens is 2. The molecule has 0 atom stereocenters. The lowest BCUT2D eigenvalue weighted by Gasteiger charge is -2.04. The summed E-state index contributed by atoms with van der Waals surface area (Å²) in [5, 5.41) is 3.99. The van der Waals surface area contributed by atoms with Crippen LogP contribution in [0.15, 0.2) is 46.7 Å². The van der Waals surface area contributed by atoms with Gasteiger partial charge in [-0.15, -0.1) is 0 Å². The summed E-state index contributed by atoms with van der Waals surface area (Å²) in [7, 11) is 1.66. The first-order chi connectivity index (χ1) is 9.31. The first-order valence-corrected chi connectivity index (χ1v) is 6.97. The molecule has 0 spiro atoms. The van der Waals surface area contributed by atoms with E-state index < -0.39 is 0 Å². The molecule has 5 heteroatoms. The maximum atomic E-state index is 5.19. The van der Waals surface area contributed by atoms with Gasteiger partial charge in [0.2, 0.25) is 0 Å². The Morgan fingerprint density at radius 3 is 2.74 bits per heavy atom. The molecule has 0 unspecified atom stereocenters. The highest BCUT2D eigenvalue weighted by Gasteiger charge is 2.02. The zero-order chi connectivity index (χ0) is 13.5. The Labute approximate surface area is 117 Å². The first kappa shape index (κ1) is 13.8. The van der Waals surface area contributed by atoms with Crippen LogP contribution in [0.25, 0.3) is 0 Å². The molecule has 0 radical (unpaired) electrons. The van der Waals surface area contributed by atoms with Crippen molar-refractivity contribution in [2.24, 2.45) is 0 Å². The minimum Gasteiger partial charge on any atom is -0.497 e. The van der Waals surface area contributed by atoms with Gasteiger partial charge in [-0.25, -0.2) is 9.97 Å². The van der Waals surface area contributed by atoms with Gasteiger partial charge in [-0.1, -0.05) is 13.0 Å². The zero-order valence-electron chi connectivity index (χ0n) is 11.1. The summed E-state index contributed by atoms with van der Waals surface area (Å²) < 4.78 is 5.19. The van der Waals surface area contributed by atoms with Crippen LogP contribution in [0.1, 0.15) is 12.5 Å². The van der Waals surface area contributed by atoms with Crippen LogP contribution in [0.2, 0.25) is 0 Å². The lowest BCUT2D eigenvalue weighted by Crippen LogP contribution is -2.12. The van der Waals surface area contributed by atoms with Gasteiger partial charge in [0.15, 0.2) is 5.16 Å². The summed E-state index contributed by atoms with van der Waals surface area (Å²) in [5.41, 5.74) is 1.09. The Hall–Kier alpha value is -1.59. The maximum Gasteiger partial charge on any atom is 0.192 e. The predicted molar refractivity (Wildman–Crippen MR) is 76.5 cm³/mol. The highest BCUT2D eigenvalue weighted by molar-refractivity contribution is 7.99. The SMILES string of the molecule is CCNCc1cnc(Sc2cccc(OC)c2)nc1. The Morgan fingerprint density at radius 2 is 2.05 bits per heavy atom. The Morgan fingerprint density at radius 1 is 1.26 bits per heavy atom. The van der Waals surface area contributed by atoms with E-state index in [0.717, 1.165) is 34.5 Å². The van der Waals surface area contributed by atoms with Crippen LogP contribution >= 0.6 is 11.8 Å². The van der Waals surface area contributed by atoms with E-state index in [0.29, 0.717) is 0 Å². The number of benzene rings is 1. The van der Waals surface area contributed by atoms with Crippen molar-refractivity contribution in [2.45, 2.75) is 23.5 Å². The van der Waals surface area contributed by atoms with Crippen molar-refractivity contribution < 1.29 is 4.74 Å². The third-order valence-corrected chi connectivity index (χ3v) is 3.39. The van der Waals surface area contributed by atoms with E-state index in [4.69, 9.17) is 4.74 Å². The molecule has 0 aliphatic rings. The third-order valence-electron chi connectivity index (χ3n) is 2.51. The molecule has 0 aliphatic heterocycles. The molecule has 2 rings (SSSR count). The number of nitrogens with zero attached hydrogens (tertiary/aromatic N) is 2. The zero-order valence-corrected chi connectivity index (χ0v) is 11.9. The molecule has 0 saturated heterocycles. The van der Waals surface area contributed by atoms with Crippen molar-refractivity contribution >= 4 is 11.8 Å². The van der Waals surface area contributed by atoms with Crippen molar-refractivity contribution in [3.8, 4) is 5.75 Å². The van der Waals surface area contributed by atoms with Gasteiger partial charge in [0, 0.05) is 29.4 Å². The second-order valence-corrected chi connectivity index (χ2v) is 4.98. The fraction of sp³-hybridized carbons (Fsp3) is 0.286. The minimum atomic E-state index is 0.744. The number of hydrogen-bond acceptors (Lipinski definition) is 5. The Balaban J connectivity index is 2.02. The van der Waals surface area contributed by atoms with Crippen molar-refractivity contribution in [1.29, 1.82) is 0 Å². The first-order valence-electron chi connectivity index (χ1n) is 6.15. The van der Waals surface area contributed by atoms with Crippen molar-refractivity contribution in [2.75, 3.05) is 13.7 Å². The van der Waals surface area contributed by atoms with Crippen LogP contribution in [0.5, 0.6) is 5.75 Å². The topological polar surface area (TPSA) is 47.0 Å². The van der Waals surface area contributed by atoms with Gasteiger partial charge < -0.3 is 10.1 Å². The minimum absolute atomic E-state index is 0.744. The lowest BCUT2D eigenvalue weighted by atomic mass is 10.3. The molecular weight excluding hydrogens is 258 g/mol. The van der Waals surface area contributed by atoms with Gasteiger partial charge in [0.1, 0.15) is 5.75 Å². The van der Waals surface area contributed by atoms with Crippen LogP contribution in [-0.2, 0) is 6.54 Å². The number of ether oxygens (including phenoxy) is 1. The van der Waals surface area contributed by atoms with Gasteiger partial charge in [-0.2, -0.15) is 0 Å². The molecule has 1 heterocycles. The van der Waals surface area contributed by atoms with Crippen molar-refractivity contribution in [1.82, 2.24) is 15.3 Å². The average Bonchev–Trinajstić information content (AvgIpc) is 2.47. The second-order valence-electron chi connectivity index (χ2n) is 3.94. The summed E-state index contributed by atoms with van der Waals surface area (Å²) in [6.07, 6.45) is 3.72.